The van der Waals surface area contributed by atoms with Crippen LogP contribution in [0.2, 0.25) is 0 Å². The Labute approximate surface area is 95.5 Å². The minimum atomic E-state index is -4.93. The van der Waals surface area contributed by atoms with E-state index in [1.54, 1.807) is 0 Å². The molecule has 1 aromatic rings. The molecule has 96 valence electrons. The van der Waals surface area contributed by atoms with E-state index in [1.807, 2.05) is 0 Å². The van der Waals surface area contributed by atoms with E-state index in [4.69, 9.17) is 5.11 Å². The summed E-state index contributed by atoms with van der Waals surface area (Å²) in [6, 6.07) is 5.19. The molecule has 0 heterocycles. The van der Waals surface area contributed by atoms with Gasteiger partial charge in [-0.05, 0) is 11.6 Å². The van der Waals surface area contributed by atoms with E-state index < -0.39 is 30.1 Å². The monoisotopic (exact) mass is 252 g/mol. The molecule has 0 fully saturated rings. The van der Waals surface area contributed by atoms with Gasteiger partial charge in [0.2, 0.25) is 0 Å². The fourth-order valence-corrected chi connectivity index (χ4v) is 1.50. The number of hydrogen-bond donors (Lipinski definition) is 2. The van der Waals surface area contributed by atoms with Crippen LogP contribution in [-0.2, 0) is 0 Å². The van der Waals surface area contributed by atoms with E-state index in [-0.39, 0.29) is 5.56 Å². The zero-order valence-corrected chi connectivity index (χ0v) is 8.95. The van der Waals surface area contributed by atoms with Gasteiger partial charge in [-0.15, -0.1) is 0 Å². The molecule has 0 saturated carbocycles. The maximum absolute atomic E-state index is 13.3. The largest absolute Gasteiger partial charge is 0.416 e. The Morgan fingerprint density at radius 1 is 1.12 bits per heavy atom. The van der Waals surface area contributed by atoms with Gasteiger partial charge < -0.3 is 10.2 Å². The van der Waals surface area contributed by atoms with Gasteiger partial charge >= 0.3 is 6.18 Å². The summed E-state index contributed by atoms with van der Waals surface area (Å²) in [4.78, 5) is 0. The molecule has 1 aromatic carbocycles. The average Bonchev–Trinajstić information content (AvgIpc) is 2.25. The molecule has 2 nitrogen and oxygen atoms in total. The van der Waals surface area contributed by atoms with Crippen molar-refractivity contribution in [3.63, 3.8) is 0 Å². The third kappa shape index (κ3) is 3.17. The van der Waals surface area contributed by atoms with Crippen LogP contribution < -0.4 is 0 Å². The van der Waals surface area contributed by atoms with Crippen molar-refractivity contribution < 1.29 is 27.8 Å². The maximum atomic E-state index is 13.3. The Balaban J connectivity index is 2.91. The van der Waals surface area contributed by atoms with E-state index in [2.05, 4.69) is 0 Å². The summed E-state index contributed by atoms with van der Waals surface area (Å²) in [7, 11) is 0. The molecule has 0 saturated heterocycles. The van der Waals surface area contributed by atoms with Crippen LogP contribution in [0.1, 0.15) is 18.4 Å². The SMILES string of the molecule is CC(c1ccccc1F)[C@@H](O)[C@H](O)C(F)(F)F. The summed E-state index contributed by atoms with van der Waals surface area (Å²) in [6.07, 6.45) is -9.93. The van der Waals surface area contributed by atoms with Crippen molar-refractivity contribution in [3.8, 4) is 0 Å². The molecule has 1 rings (SSSR count). The first-order valence-electron chi connectivity index (χ1n) is 4.92. The molecule has 3 atom stereocenters. The van der Waals surface area contributed by atoms with E-state index in [0.29, 0.717) is 0 Å². The second-order valence-electron chi connectivity index (χ2n) is 3.79. The van der Waals surface area contributed by atoms with Gasteiger partial charge in [0.1, 0.15) is 5.82 Å². The molecule has 6 heteroatoms. The molecule has 0 aromatic heterocycles. The number of aliphatic hydroxyl groups is 2. The lowest BCUT2D eigenvalue weighted by Gasteiger charge is -2.25. The number of aliphatic hydroxyl groups excluding tert-OH is 2. The second kappa shape index (κ2) is 5.01. The Morgan fingerprint density at radius 3 is 2.12 bits per heavy atom. The van der Waals surface area contributed by atoms with Crippen molar-refractivity contribution in [1.82, 2.24) is 0 Å². The lowest BCUT2D eigenvalue weighted by Crippen LogP contribution is -2.42. The third-order valence-corrected chi connectivity index (χ3v) is 2.57. The van der Waals surface area contributed by atoms with Crippen LogP contribution in [0.4, 0.5) is 17.6 Å². The Bertz CT molecular complexity index is 378. The zero-order valence-electron chi connectivity index (χ0n) is 8.95. The summed E-state index contributed by atoms with van der Waals surface area (Å²) >= 11 is 0. The minimum Gasteiger partial charge on any atom is -0.389 e. The first-order valence-corrected chi connectivity index (χ1v) is 4.92. The molecule has 0 bridgehead atoms. The highest BCUT2D eigenvalue weighted by atomic mass is 19.4. The molecule has 0 aliphatic heterocycles. The Kier molecular flexibility index (Phi) is 4.11. The first-order chi connectivity index (χ1) is 7.75. The average molecular weight is 252 g/mol. The van der Waals surface area contributed by atoms with Gasteiger partial charge in [0.05, 0.1) is 6.10 Å². The molecule has 2 N–H and O–H groups in total. The number of rotatable bonds is 3. The molecular weight excluding hydrogens is 240 g/mol. The van der Waals surface area contributed by atoms with E-state index in [1.165, 1.54) is 25.1 Å². The standard InChI is InChI=1S/C11H12F4O2/c1-6(7-4-2-3-5-8(7)12)9(16)10(17)11(13,14)15/h2-6,9-10,16-17H,1H3/t6?,9-,10+/m1/s1. The molecule has 17 heavy (non-hydrogen) atoms. The van der Waals surface area contributed by atoms with Crippen LogP contribution in [0.5, 0.6) is 0 Å². The minimum absolute atomic E-state index is 0.0664. The van der Waals surface area contributed by atoms with Gasteiger partial charge in [-0.25, -0.2) is 4.39 Å². The molecule has 0 aliphatic carbocycles. The summed E-state index contributed by atoms with van der Waals surface area (Å²) in [6.45, 7) is 1.22. The van der Waals surface area contributed by atoms with Crippen LogP contribution in [0.3, 0.4) is 0 Å². The lowest BCUT2D eigenvalue weighted by atomic mass is 9.91. The van der Waals surface area contributed by atoms with Gasteiger partial charge in [0.25, 0.3) is 0 Å². The number of benzene rings is 1. The maximum Gasteiger partial charge on any atom is 0.416 e. The fraction of sp³-hybridized carbons (Fsp3) is 0.455. The third-order valence-electron chi connectivity index (χ3n) is 2.57. The summed E-state index contributed by atoms with van der Waals surface area (Å²) < 4.78 is 49.8. The molecule has 0 spiro atoms. The topological polar surface area (TPSA) is 40.5 Å². The van der Waals surface area contributed by atoms with Crippen LogP contribution in [0.15, 0.2) is 24.3 Å². The highest BCUT2D eigenvalue weighted by Gasteiger charge is 2.45. The second-order valence-corrected chi connectivity index (χ2v) is 3.79. The quantitative estimate of drug-likeness (QED) is 0.810. The van der Waals surface area contributed by atoms with E-state index in [9.17, 15) is 22.7 Å². The summed E-state index contributed by atoms with van der Waals surface area (Å²) in [5, 5.41) is 18.2. The zero-order chi connectivity index (χ0) is 13.2. The van der Waals surface area contributed by atoms with E-state index in [0.717, 1.165) is 6.07 Å². The van der Waals surface area contributed by atoms with Crippen LogP contribution in [-0.4, -0.2) is 28.6 Å². The van der Waals surface area contributed by atoms with Crippen molar-refractivity contribution in [3.05, 3.63) is 35.6 Å². The molecule has 0 amide bonds. The molecule has 1 unspecified atom stereocenters. The fourth-order valence-electron chi connectivity index (χ4n) is 1.50. The summed E-state index contributed by atoms with van der Waals surface area (Å²) in [5.74, 6) is -1.87. The normalized spacial score (nSPS) is 17.6. The lowest BCUT2D eigenvalue weighted by molar-refractivity contribution is -0.232. The molecular formula is C11H12F4O2. The number of alkyl halides is 3. The van der Waals surface area contributed by atoms with Gasteiger partial charge in [-0.2, -0.15) is 13.2 Å². The highest BCUT2D eigenvalue weighted by molar-refractivity contribution is 5.22. The van der Waals surface area contributed by atoms with Crippen molar-refractivity contribution in [1.29, 1.82) is 0 Å². The smallest absolute Gasteiger partial charge is 0.389 e. The van der Waals surface area contributed by atoms with Crippen molar-refractivity contribution in [2.45, 2.75) is 31.2 Å². The summed E-state index contributed by atoms with van der Waals surface area (Å²) in [5.41, 5.74) is -0.0664. The highest BCUT2D eigenvalue weighted by Crippen LogP contribution is 2.30. The van der Waals surface area contributed by atoms with Crippen molar-refractivity contribution >= 4 is 0 Å². The predicted octanol–water partition coefficient (Wildman–Crippen LogP) is 2.21. The van der Waals surface area contributed by atoms with Crippen LogP contribution in [0, 0.1) is 5.82 Å². The van der Waals surface area contributed by atoms with Gasteiger partial charge in [0, 0.05) is 5.92 Å². The van der Waals surface area contributed by atoms with Gasteiger partial charge in [-0.3, -0.25) is 0 Å². The van der Waals surface area contributed by atoms with Crippen LogP contribution in [0.25, 0.3) is 0 Å². The van der Waals surface area contributed by atoms with Crippen molar-refractivity contribution in [2.24, 2.45) is 0 Å². The Hall–Kier alpha value is -1.14. The molecule has 0 aliphatic rings. The Morgan fingerprint density at radius 2 is 1.65 bits per heavy atom. The van der Waals surface area contributed by atoms with Gasteiger partial charge in [0.15, 0.2) is 6.10 Å². The number of hydrogen-bond acceptors (Lipinski definition) is 2. The van der Waals surface area contributed by atoms with E-state index >= 15 is 0 Å². The molecule has 0 radical (unpaired) electrons. The van der Waals surface area contributed by atoms with Crippen molar-refractivity contribution in [2.75, 3.05) is 0 Å². The number of halogens is 4. The predicted molar refractivity (Wildman–Crippen MR) is 52.9 cm³/mol. The van der Waals surface area contributed by atoms with Gasteiger partial charge in [-0.1, -0.05) is 25.1 Å². The first kappa shape index (κ1) is 13.9. The van der Waals surface area contributed by atoms with Crippen LogP contribution >= 0.6 is 0 Å².